The van der Waals surface area contributed by atoms with Gasteiger partial charge in [-0.3, -0.25) is 0 Å². The lowest BCUT2D eigenvalue weighted by molar-refractivity contribution is -0.578. The van der Waals surface area contributed by atoms with Gasteiger partial charge in [0.15, 0.2) is 18.2 Å². The van der Waals surface area contributed by atoms with Crippen LogP contribution in [0.5, 0.6) is 0 Å². The van der Waals surface area contributed by atoms with Crippen molar-refractivity contribution in [3.8, 4) is 0 Å². The zero-order valence-electron chi connectivity index (χ0n) is 18.6. The van der Waals surface area contributed by atoms with Crippen LogP contribution in [0.2, 0.25) is 0 Å². The molecule has 2 bridgehead atoms. The summed E-state index contributed by atoms with van der Waals surface area (Å²) in [7, 11) is 0. The Kier molecular flexibility index (Phi) is 5.18. The molecule has 4 saturated heterocycles. The van der Waals surface area contributed by atoms with Crippen LogP contribution in [0.1, 0.15) is 75.4 Å². The van der Waals surface area contributed by atoms with Crippen LogP contribution in [0.4, 0.5) is 0 Å². The highest BCUT2D eigenvalue weighted by molar-refractivity contribution is 5.87. The van der Waals surface area contributed by atoms with Crippen LogP contribution in [-0.4, -0.2) is 35.0 Å². The van der Waals surface area contributed by atoms with Crippen molar-refractivity contribution in [3.05, 3.63) is 35.4 Å². The number of ether oxygens (including phenoxy) is 3. The molecule has 4 aliphatic heterocycles. The number of hydrogen-bond acceptors (Lipinski definition) is 6. The number of carboxylic acids is 1. The summed E-state index contributed by atoms with van der Waals surface area (Å²) in [5, 5.41) is 9.13. The van der Waals surface area contributed by atoms with Gasteiger partial charge >= 0.3 is 5.97 Å². The Morgan fingerprint density at radius 3 is 2.58 bits per heavy atom. The van der Waals surface area contributed by atoms with Gasteiger partial charge in [-0.25, -0.2) is 14.6 Å². The molecule has 1 N–H and O–H groups in total. The lowest BCUT2D eigenvalue weighted by atomic mass is 9.58. The standard InChI is InChI=1S/C24H32O7/c1-13-5-10-19-14(2)21(27-15(3)16-6-8-17(9-7-16)20(25)26)28-22-24(19)18(13)11-12-23(4,29-22)30-31-24/h6-9,13-15,18-19,21-22H,5,10-12H2,1-4H3,(H,25,26)/t13-,14-,15+,18+,19+,21+,22-,23-,24-/m1/s1. The number of hydrogen-bond donors (Lipinski definition) is 1. The van der Waals surface area contributed by atoms with E-state index in [1.807, 2.05) is 13.8 Å². The van der Waals surface area contributed by atoms with Gasteiger partial charge in [0.2, 0.25) is 5.79 Å². The molecule has 0 unspecified atom stereocenters. The van der Waals surface area contributed by atoms with Gasteiger partial charge in [0.05, 0.1) is 11.7 Å². The Bertz CT molecular complexity index is 841. The molecule has 7 heteroatoms. The molecule has 1 aromatic rings. The Morgan fingerprint density at radius 2 is 1.87 bits per heavy atom. The third-order valence-corrected chi connectivity index (χ3v) is 8.06. The largest absolute Gasteiger partial charge is 0.478 e. The summed E-state index contributed by atoms with van der Waals surface area (Å²) < 4.78 is 19.2. The highest BCUT2D eigenvalue weighted by Crippen LogP contribution is 2.60. The first-order valence-electron chi connectivity index (χ1n) is 11.4. The summed E-state index contributed by atoms with van der Waals surface area (Å²) in [5.74, 6) is -0.590. The molecule has 1 spiro atoms. The minimum absolute atomic E-state index is 0.0987. The van der Waals surface area contributed by atoms with E-state index in [0.717, 1.165) is 31.2 Å². The number of fused-ring (bicyclic) bond motifs is 2. The maximum absolute atomic E-state index is 11.1. The van der Waals surface area contributed by atoms with Crippen molar-refractivity contribution in [1.29, 1.82) is 0 Å². The monoisotopic (exact) mass is 432 g/mol. The van der Waals surface area contributed by atoms with E-state index in [1.54, 1.807) is 24.3 Å². The zero-order chi connectivity index (χ0) is 22.0. The molecule has 7 nitrogen and oxygen atoms in total. The van der Waals surface area contributed by atoms with Gasteiger partial charge in [-0.1, -0.05) is 26.0 Å². The number of rotatable bonds is 4. The average Bonchev–Trinajstić information content (AvgIpc) is 2.98. The fourth-order valence-electron chi connectivity index (χ4n) is 6.20. The number of aromatic carboxylic acids is 1. The van der Waals surface area contributed by atoms with E-state index in [0.29, 0.717) is 11.8 Å². The molecule has 170 valence electrons. The van der Waals surface area contributed by atoms with Crippen LogP contribution in [-0.2, 0) is 24.0 Å². The average molecular weight is 433 g/mol. The summed E-state index contributed by atoms with van der Waals surface area (Å²) in [5.41, 5.74) is 0.571. The predicted molar refractivity (Wildman–Crippen MR) is 110 cm³/mol. The second-order valence-electron chi connectivity index (χ2n) is 9.98. The Morgan fingerprint density at radius 1 is 1.13 bits per heavy atom. The predicted octanol–water partition coefficient (Wildman–Crippen LogP) is 4.67. The fraction of sp³-hybridized carbons (Fsp3) is 0.708. The van der Waals surface area contributed by atoms with Crippen molar-refractivity contribution in [2.45, 2.75) is 83.5 Å². The number of carboxylic acid groups (broad SMARTS) is 1. The normalized spacial score (nSPS) is 44.9. The van der Waals surface area contributed by atoms with Crippen LogP contribution in [0, 0.1) is 23.7 Å². The highest BCUT2D eigenvalue weighted by Gasteiger charge is 2.69. The molecule has 0 amide bonds. The first-order chi connectivity index (χ1) is 14.7. The Labute approximate surface area is 182 Å². The summed E-state index contributed by atoms with van der Waals surface area (Å²) in [6.45, 7) is 8.34. The van der Waals surface area contributed by atoms with E-state index in [2.05, 4.69) is 13.8 Å². The maximum atomic E-state index is 11.1. The van der Waals surface area contributed by atoms with E-state index in [-0.39, 0.29) is 23.5 Å². The van der Waals surface area contributed by atoms with E-state index in [9.17, 15) is 4.79 Å². The molecule has 1 aliphatic carbocycles. The summed E-state index contributed by atoms with van der Waals surface area (Å²) in [4.78, 5) is 23.2. The molecule has 9 atom stereocenters. The molecule has 4 heterocycles. The molecule has 31 heavy (non-hydrogen) atoms. The quantitative estimate of drug-likeness (QED) is 0.692. The fourth-order valence-corrected chi connectivity index (χ4v) is 6.20. The van der Waals surface area contributed by atoms with Gasteiger partial charge in [-0.15, -0.1) is 0 Å². The van der Waals surface area contributed by atoms with E-state index < -0.39 is 29.9 Å². The molecule has 1 saturated carbocycles. The van der Waals surface area contributed by atoms with Gasteiger partial charge in [-0.05, 0) is 62.6 Å². The SMILES string of the molecule is C[C@H]1[C@@H](O[C@@H](C)c2ccc(C(=O)O)cc2)O[C@@H]2O[C@@]3(C)CC[C@H]4[C@H](C)CC[C@@H]1[C@@]24OO3. The van der Waals surface area contributed by atoms with Crippen LogP contribution < -0.4 is 0 Å². The van der Waals surface area contributed by atoms with Crippen molar-refractivity contribution < 1.29 is 33.9 Å². The maximum Gasteiger partial charge on any atom is 0.335 e. The third kappa shape index (κ3) is 3.33. The minimum Gasteiger partial charge on any atom is -0.478 e. The molecule has 5 aliphatic rings. The van der Waals surface area contributed by atoms with Crippen LogP contribution in [0.25, 0.3) is 0 Å². The van der Waals surface area contributed by atoms with Crippen molar-refractivity contribution in [3.63, 3.8) is 0 Å². The van der Waals surface area contributed by atoms with Crippen LogP contribution in [0.15, 0.2) is 24.3 Å². The highest BCUT2D eigenvalue weighted by atomic mass is 17.3. The van der Waals surface area contributed by atoms with Crippen molar-refractivity contribution in [2.75, 3.05) is 0 Å². The molecule has 0 radical (unpaired) electrons. The van der Waals surface area contributed by atoms with Gasteiger partial charge < -0.3 is 19.3 Å². The molecule has 0 aromatic heterocycles. The second kappa shape index (κ2) is 7.52. The van der Waals surface area contributed by atoms with E-state index >= 15 is 0 Å². The van der Waals surface area contributed by atoms with Gasteiger partial charge in [0.25, 0.3) is 0 Å². The van der Waals surface area contributed by atoms with Gasteiger partial charge in [0, 0.05) is 18.3 Å². The number of carbonyl (C=O) groups is 1. The molecule has 5 fully saturated rings. The lowest BCUT2D eigenvalue weighted by Crippen LogP contribution is -2.70. The molecule has 1 aromatic carbocycles. The van der Waals surface area contributed by atoms with Crippen LogP contribution >= 0.6 is 0 Å². The van der Waals surface area contributed by atoms with Crippen LogP contribution in [0.3, 0.4) is 0 Å². The smallest absolute Gasteiger partial charge is 0.335 e. The zero-order valence-corrected chi connectivity index (χ0v) is 18.6. The molecular formula is C24H32O7. The summed E-state index contributed by atoms with van der Waals surface area (Å²) >= 11 is 0. The Balaban J connectivity index is 1.40. The lowest BCUT2D eigenvalue weighted by Gasteiger charge is -2.60. The van der Waals surface area contributed by atoms with Crippen molar-refractivity contribution in [1.82, 2.24) is 0 Å². The Hall–Kier alpha value is -1.51. The molecule has 6 rings (SSSR count). The molecular weight excluding hydrogens is 400 g/mol. The minimum atomic E-state index is -0.938. The summed E-state index contributed by atoms with van der Waals surface area (Å²) in [6, 6.07) is 6.79. The van der Waals surface area contributed by atoms with Crippen molar-refractivity contribution in [2.24, 2.45) is 23.7 Å². The summed E-state index contributed by atoms with van der Waals surface area (Å²) in [6.07, 6.45) is 2.71. The third-order valence-electron chi connectivity index (χ3n) is 8.06. The van der Waals surface area contributed by atoms with Gasteiger partial charge in [0.1, 0.15) is 0 Å². The van der Waals surface area contributed by atoms with Gasteiger partial charge in [-0.2, -0.15) is 0 Å². The van der Waals surface area contributed by atoms with Crippen molar-refractivity contribution >= 4 is 5.97 Å². The topological polar surface area (TPSA) is 83.5 Å². The first kappa shape index (κ1) is 21.3. The number of benzene rings is 1. The van der Waals surface area contributed by atoms with E-state index in [4.69, 9.17) is 29.1 Å². The van der Waals surface area contributed by atoms with E-state index in [1.165, 1.54) is 0 Å². The second-order valence-corrected chi connectivity index (χ2v) is 9.98. The first-order valence-corrected chi connectivity index (χ1v) is 11.4.